The fraction of sp³-hybridized carbons (Fsp3) is 0.158. The highest BCUT2D eigenvalue weighted by Gasteiger charge is 2.49. The minimum Gasteiger partial charge on any atom is -0.426 e. The molecule has 2 aliphatic rings. The first-order valence-electron chi connectivity index (χ1n) is 7.97. The fourth-order valence-electron chi connectivity index (χ4n) is 3.68. The second-order valence-electron chi connectivity index (χ2n) is 6.12. The second-order valence-corrected chi connectivity index (χ2v) is 8.99. The van der Waals surface area contributed by atoms with Gasteiger partial charge in [0.2, 0.25) is 0 Å². The summed E-state index contributed by atoms with van der Waals surface area (Å²) in [5.41, 5.74) is 2.20. The number of aromatic amines is 1. The number of fused-ring (bicyclic) bond motifs is 5. The zero-order valence-corrected chi connectivity index (χ0v) is 15.4. The Kier molecular flexibility index (Phi) is 3.58. The van der Waals surface area contributed by atoms with Crippen molar-refractivity contribution in [3.63, 3.8) is 0 Å². The van der Waals surface area contributed by atoms with Crippen molar-refractivity contribution >= 4 is 41.3 Å². The standard InChI is InChI=1S/C19H13NO2S3/c21-18-14-13(11-8-4-5-9-12(11)22-18)16-17(20-19(23)25-16)24-15(14)10-6-2-1-3-7-10/h1-9,13-15H,(H,20,23)/t13-,14+,15+/m0/s1. The number of H-pyrrole nitrogens is 1. The van der Waals surface area contributed by atoms with E-state index in [1.54, 1.807) is 23.1 Å². The van der Waals surface area contributed by atoms with E-state index in [2.05, 4.69) is 23.2 Å². The predicted octanol–water partition coefficient (Wildman–Crippen LogP) is 5.32. The van der Waals surface area contributed by atoms with Crippen molar-refractivity contribution < 1.29 is 9.53 Å². The summed E-state index contributed by atoms with van der Waals surface area (Å²) in [6.07, 6.45) is 0. The summed E-state index contributed by atoms with van der Waals surface area (Å²) in [7, 11) is 0. The third kappa shape index (κ3) is 2.39. The number of rotatable bonds is 1. The molecule has 1 aromatic heterocycles. The van der Waals surface area contributed by atoms with Gasteiger partial charge in [-0.2, -0.15) is 0 Å². The van der Waals surface area contributed by atoms with E-state index < -0.39 is 0 Å². The van der Waals surface area contributed by atoms with Gasteiger partial charge in [0, 0.05) is 16.4 Å². The Hall–Kier alpha value is -1.89. The van der Waals surface area contributed by atoms with Crippen molar-refractivity contribution in [2.75, 3.05) is 0 Å². The van der Waals surface area contributed by atoms with Crippen LogP contribution in [0.25, 0.3) is 0 Å². The Labute approximate surface area is 158 Å². The number of para-hydroxylation sites is 1. The van der Waals surface area contributed by atoms with Gasteiger partial charge in [-0.05, 0) is 23.8 Å². The number of aromatic nitrogens is 1. The molecule has 0 fully saturated rings. The molecular formula is C19H13NO2S3. The highest BCUT2D eigenvalue weighted by Crippen LogP contribution is 2.59. The van der Waals surface area contributed by atoms with E-state index in [-0.39, 0.29) is 23.1 Å². The van der Waals surface area contributed by atoms with Gasteiger partial charge in [-0.15, -0.1) is 11.3 Å². The Morgan fingerprint density at radius 3 is 2.64 bits per heavy atom. The number of benzene rings is 2. The average molecular weight is 384 g/mol. The lowest BCUT2D eigenvalue weighted by atomic mass is 9.78. The molecule has 2 aliphatic heterocycles. The van der Waals surface area contributed by atoms with Crippen LogP contribution in [-0.4, -0.2) is 11.0 Å². The smallest absolute Gasteiger partial charge is 0.316 e. The number of hydrogen-bond donors (Lipinski definition) is 1. The Morgan fingerprint density at radius 2 is 1.80 bits per heavy atom. The van der Waals surface area contributed by atoms with Crippen LogP contribution in [0.5, 0.6) is 5.75 Å². The predicted molar refractivity (Wildman–Crippen MR) is 102 cm³/mol. The topological polar surface area (TPSA) is 42.1 Å². The first kappa shape index (κ1) is 15.4. The van der Waals surface area contributed by atoms with Gasteiger partial charge in [0.25, 0.3) is 0 Å². The summed E-state index contributed by atoms with van der Waals surface area (Å²) in [5, 5.41) is 1.08. The lowest BCUT2D eigenvalue weighted by molar-refractivity contribution is -0.140. The summed E-state index contributed by atoms with van der Waals surface area (Å²) in [6, 6.07) is 18.0. The Balaban J connectivity index is 1.75. The molecule has 0 spiro atoms. The van der Waals surface area contributed by atoms with Crippen LogP contribution in [0.3, 0.4) is 0 Å². The summed E-state index contributed by atoms with van der Waals surface area (Å²) in [6.45, 7) is 0. The summed E-state index contributed by atoms with van der Waals surface area (Å²) in [5.74, 6) is 0.237. The van der Waals surface area contributed by atoms with Crippen molar-refractivity contribution in [1.82, 2.24) is 4.98 Å². The van der Waals surface area contributed by atoms with Gasteiger partial charge < -0.3 is 9.72 Å². The molecule has 0 unspecified atom stereocenters. The van der Waals surface area contributed by atoms with E-state index in [4.69, 9.17) is 17.0 Å². The van der Waals surface area contributed by atoms with Crippen LogP contribution in [0.15, 0.2) is 59.6 Å². The molecule has 3 heterocycles. The highest BCUT2D eigenvalue weighted by atomic mass is 32.2. The van der Waals surface area contributed by atoms with E-state index >= 15 is 0 Å². The molecule has 0 bridgehead atoms. The van der Waals surface area contributed by atoms with Crippen molar-refractivity contribution in [2.45, 2.75) is 16.2 Å². The highest BCUT2D eigenvalue weighted by molar-refractivity contribution is 7.99. The molecule has 1 N–H and O–H groups in total. The fourth-order valence-corrected chi connectivity index (χ4v) is 6.71. The summed E-state index contributed by atoms with van der Waals surface area (Å²) in [4.78, 5) is 17.4. The van der Waals surface area contributed by atoms with E-state index in [0.29, 0.717) is 5.75 Å². The number of carbonyl (C=O) groups is 1. The number of carbonyl (C=O) groups excluding carboxylic acids is 1. The molecule has 6 heteroatoms. The van der Waals surface area contributed by atoms with Gasteiger partial charge in [-0.1, -0.05) is 60.3 Å². The summed E-state index contributed by atoms with van der Waals surface area (Å²) < 4.78 is 6.44. The Bertz CT molecular complexity index is 1020. The molecule has 0 saturated heterocycles. The number of thiazole rings is 1. The first-order chi connectivity index (χ1) is 12.2. The van der Waals surface area contributed by atoms with Gasteiger partial charge in [0.1, 0.15) is 5.75 Å². The molecule has 0 radical (unpaired) electrons. The van der Waals surface area contributed by atoms with Crippen LogP contribution in [0, 0.1) is 9.87 Å². The van der Waals surface area contributed by atoms with Gasteiger partial charge >= 0.3 is 5.97 Å². The van der Waals surface area contributed by atoms with Gasteiger partial charge in [0.05, 0.1) is 16.2 Å². The molecule has 25 heavy (non-hydrogen) atoms. The first-order valence-corrected chi connectivity index (χ1v) is 10.1. The molecule has 3 nitrogen and oxygen atoms in total. The molecule has 124 valence electrons. The van der Waals surface area contributed by atoms with Crippen molar-refractivity contribution in [2.24, 2.45) is 5.92 Å². The number of ether oxygens (including phenoxy) is 1. The van der Waals surface area contributed by atoms with Crippen molar-refractivity contribution in [3.05, 3.63) is 74.6 Å². The molecule has 0 amide bonds. The number of hydrogen-bond acceptors (Lipinski definition) is 5. The van der Waals surface area contributed by atoms with Gasteiger partial charge in [-0.25, -0.2) is 0 Å². The normalized spacial score (nSPS) is 24.0. The minimum absolute atomic E-state index is 0.000180. The second kappa shape index (κ2) is 5.83. The monoisotopic (exact) mass is 383 g/mol. The zero-order valence-electron chi connectivity index (χ0n) is 13.0. The molecule has 3 atom stereocenters. The van der Waals surface area contributed by atoms with E-state index in [1.165, 1.54) is 0 Å². The van der Waals surface area contributed by atoms with Crippen LogP contribution in [0.1, 0.15) is 27.2 Å². The SMILES string of the molecule is O=C1Oc2ccccc2[C@@H]2c3sc(=S)[nH]c3S[C@H](c3ccccc3)[C@H]12. The van der Waals surface area contributed by atoms with Crippen LogP contribution in [0.4, 0.5) is 0 Å². The van der Waals surface area contributed by atoms with Crippen molar-refractivity contribution in [1.29, 1.82) is 0 Å². The number of esters is 1. The Morgan fingerprint density at radius 1 is 1.04 bits per heavy atom. The van der Waals surface area contributed by atoms with E-state index in [1.807, 2.05) is 36.4 Å². The third-order valence-corrected chi connectivity index (χ3v) is 7.54. The summed E-state index contributed by atoms with van der Waals surface area (Å²) >= 11 is 8.64. The van der Waals surface area contributed by atoms with Crippen LogP contribution in [-0.2, 0) is 4.79 Å². The molecule has 3 aromatic rings. The molecular weight excluding hydrogens is 370 g/mol. The average Bonchev–Trinajstić information content (AvgIpc) is 3.01. The van der Waals surface area contributed by atoms with Gasteiger partial charge in [-0.3, -0.25) is 4.79 Å². The van der Waals surface area contributed by atoms with Crippen LogP contribution in [0.2, 0.25) is 0 Å². The van der Waals surface area contributed by atoms with Crippen LogP contribution < -0.4 is 4.74 Å². The minimum atomic E-state index is -0.253. The number of nitrogens with one attached hydrogen (secondary N) is 1. The largest absolute Gasteiger partial charge is 0.426 e. The number of thioether (sulfide) groups is 1. The van der Waals surface area contributed by atoms with Crippen LogP contribution >= 0.6 is 35.3 Å². The lowest BCUT2D eigenvalue weighted by Gasteiger charge is -2.39. The quantitative estimate of drug-likeness (QED) is 0.351. The van der Waals surface area contributed by atoms with Gasteiger partial charge in [0.15, 0.2) is 3.95 Å². The maximum atomic E-state index is 12.9. The third-order valence-electron chi connectivity index (χ3n) is 4.72. The zero-order chi connectivity index (χ0) is 17.0. The van der Waals surface area contributed by atoms with E-state index in [0.717, 1.165) is 25.0 Å². The lowest BCUT2D eigenvalue weighted by Crippen LogP contribution is -2.37. The molecule has 5 rings (SSSR count). The maximum Gasteiger partial charge on any atom is 0.316 e. The maximum absolute atomic E-state index is 12.9. The molecule has 2 aromatic carbocycles. The van der Waals surface area contributed by atoms with E-state index in [9.17, 15) is 4.79 Å². The molecule has 0 aliphatic carbocycles. The molecule has 0 saturated carbocycles. The van der Waals surface area contributed by atoms with Crippen molar-refractivity contribution in [3.8, 4) is 5.75 Å².